The first-order chi connectivity index (χ1) is 15.1. The second kappa shape index (κ2) is 7.92. The number of carbonyl (C=O) groups excluding carboxylic acids is 1. The van der Waals surface area contributed by atoms with Gasteiger partial charge in [0.25, 0.3) is 0 Å². The molecule has 0 aliphatic heterocycles. The molecular formula is C30H50O3. The molecule has 8 unspecified atom stereocenters. The molecule has 188 valence electrons. The minimum atomic E-state index is -1.03. The second-order valence-electron chi connectivity index (χ2n) is 14.3. The Morgan fingerprint density at radius 1 is 1.06 bits per heavy atom. The number of ketones is 1. The highest BCUT2D eigenvalue weighted by molar-refractivity contribution is 5.85. The van der Waals surface area contributed by atoms with E-state index in [-0.39, 0.29) is 21.7 Å². The molecule has 0 radical (unpaired) electrons. The van der Waals surface area contributed by atoms with E-state index in [0.29, 0.717) is 35.9 Å². The Balaban J connectivity index is 1.59. The van der Waals surface area contributed by atoms with Gasteiger partial charge in [0.1, 0.15) is 5.78 Å². The van der Waals surface area contributed by atoms with Gasteiger partial charge in [0.15, 0.2) is 0 Å². The number of carbonyl (C=O) groups is 1. The summed E-state index contributed by atoms with van der Waals surface area (Å²) < 4.78 is 0. The van der Waals surface area contributed by atoms with E-state index in [1.807, 2.05) is 0 Å². The number of allylic oxidation sites excluding steroid dienone is 2. The summed E-state index contributed by atoms with van der Waals surface area (Å²) in [6.07, 6.45) is 11.5. The normalized spacial score (nSPS) is 44.4. The summed E-state index contributed by atoms with van der Waals surface area (Å²) in [5, 5.41) is 20.6. The van der Waals surface area contributed by atoms with Crippen LogP contribution in [0.3, 0.4) is 0 Å². The SMILES string of the molecule is CC(CCC(O)C(C)(C)O)C1CCC2(C)C3=CCC4C(C)(C)C(=O)CCC4(C)C3CCC12C. The monoisotopic (exact) mass is 458 g/mol. The molecule has 0 aromatic carbocycles. The lowest BCUT2D eigenvalue weighted by Gasteiger charge is -2.63. The molecule has 33 heavy (non-hydrogen) atoms. The smallest absolute Gasteiger partial charge is 0.138 e. The summed E-state index contributed by atoms with van der Waals surface area (Å²) >= 11 is 0. The van der Waals surface area contributed by atoms with Crippen molar-refractivity contribution in [3.63, 3.8) is 0 Å². The Morgan fingerprint density at radius 2 is 1.73 bits per heavy atom. The second-order valence-corrected chi connectivity index (χ2v) is 14.3. The average molecular weight is 459 g/mol. The van der Waals surface area contributed by atoms with Gasteiger partial charge < -0.3 is 10.2 Å². The van der Waals surface area contributed by atoms with Gasteiger partial charge in [-0.3, -0.25) is 4.79 Å². The first kappa shape index (κ1) is 25.4. The van der Waals surface area contributed by atoms with Crippen molar-refractivity contribution >= 4 is 5.78 Å². The number of aliphatic hydroxyl groups excluding tert-OH is 1. The summed E-state index contributed by atoms with van der Waals surface area (Å²) in [5.41, 5.74) is 1.27. The van der Waals surface area contributed by atoms with Gasteiger partial charge in [-0.1, -0.05) is 53.2 Å². The molecule has 8 atom stereocenters. The maximum absolute atomic E-state index is 12.8. The fourth-order valence-corrected chi connectivity index (χ4v) is 9.44. The van der Waals surface area contributed by atoms with Crippen LogP contribution in [-0.4, -0.2) is 27.7 Å². The molecule has 3 heteroatoms. The van der Waals surface area contributed by atoms with Crippen molar-refractivity contribution in [1.82, 2.24) is 0 Å². The Morgan fingerprint density at radius 3 is 2.36 bits per heavy atom. The molecule has 0 spiro atoms. The zero-order valence-electron chi connectivity index (χ0n) is 22.6. The fraction of sp³-hybridized carbons (Fsp3) is 0.900. The van der Waals surface area contributed by atoms with E-state index >= 15 is 0 Å². The highest BCUT2D eigenvalue weighted by Gasteiger charge is 2.65. The summed E-state index contributed by atoms with van der Waals surface area (Å²) in [6.45, 7) is 17.9. The Bertz CT molecular complexity index is 819. The van der Waals surface area contributed by atoms with Gasteiger partial charge in [0.2, 0.25) is 0 Å². The van der Waals surface area contributed by atoms with Gasteiger partial charge in [-0.05, 0) is 105 Å². The van der Waals surface area contributed by atoms with Crippen LogP contribution in [0.5, 0.6) is 0 Å². The molecule has 0 heterocycles. The van der Waals surface area contributed by atoms with Crippen molar-refractivity contribution < 1.29 is 15.0 Å². The van der Waals surface area contributed by atoms with Crippen molar-refractivity contribution in [2.45, 2.75) is 125 Å². The Labute approximate surface area is 202 Å². The lowest BCUT2D eigenvalue weighted by molar-refractivity contribution is -0.146. The van der Waals surface area contributed by atoms with Crippen LogP contribution in [0.1, 0.15) is 113 Å². The molecule has 4 aliphatic rings. The van der Waals surface area contributed by atoms with Crippen LogP contribution in [0.15, 0.2) is 11.6 Å². The summed E-state index contributed by atoms with van der Waals surface area (Å²) in [5.74, 6) is 2.76. The van der Waals surface area contributed by atoms with E-state index in [1.165, 1.54) is 25.7 Å². The first-order valence-corrected chi connectivity index (χ1v) is 13.7. The summed E-state index contributed by atoms with van der Waals surface area (Å²) in [6, 6.07) is 0. The van der Waals surface area contributed by atoms with E-state index in [4.69, 9.17) is 0 Å². The van der Waals surface area contributed by atoms with Gasteiger partial charge in [0, 0.05) is 11.8 Å². The minimum absolute atomic E-state index is 0.204. The number of fused-ring (bicyclic) bond motifs is 5. The van der Waals surface area contributed by atoms with Crippen molar-refractivity contribution in [2.24, 2.45) is 45.3 Å². The van der Waals surface area contributed by atoms with Gasteiger partial charge >= 0.3 is 0 Å². The van der Waals surface area contributed by atoms with E-state index in [0.717, 1.165) is 25.7 Å². The molecule has 0 bridgehead atoms. The maximum Gasteiger partial charge on any atom is 0.138 e. The molecule has 3 nitrogen and oxygen atoms in total. The molecular weight excluding hydrogens is 408 g/mol. The molecule has 0 aromatic heterocycles. The van der Waals surface area contributed by atoms with E-state index in [2.05, 4.69) is 47.6 Å². The van der Waals surface area contributed by atoms with Crippen molar-refractivity contribution in [2.75, 3.05) is 0 Å². The fourth-order valence-electron chi connectivity index (χ4n) is 9.44. The largest absolute Gasteiger partial charge is 0.390 e. The molecule has 0 saturated heterocycles. The van der Waals surface area contributed by atoms with Crippen LogP contribution in [0.2, 0.25) is 0 Å². The number of Topliss-reactive ketones (excluding diaryl/α,β-unsaturated/α-hetero) is 1. The molecule has 0 aromatic rings. The molecule has 0 amide bonds. The van der Waals surface area contributed by atoms with Crippen molar-refractivity contribution in [3.05, 3.63) is 11.6 Å². The van der Waals surface area contributed by atoms with E-state index in [9.17, 15) is 15.0 Å². The van der Waals surface area contributed by atoms with Crippen LogP contribution >= 0.6 is 0 Å². The summed E-state index contributed by atoms with van der Waals surface area (Å²) in [4.78, 5) is 12.8. The molecule has 4 rings (SSSR count). The van der Waals surface area contributed by atoms with Crippen molar-refractivity contribution in [1.29, 1.82) is 0 Å². The van der Waals surface area contributed by atoms with Crippen LogP contribution in [0, 0.1) is 45.3 Å². The molecule has 4 aliphatic carbocycles. The Hall–Kier alpha value is -0.670. The predicted octanol–water partition coefficient (Wildman–Crippen LogP) is 6.71. The third kappa shape index (κ3) is 3.62. The van der Waals surface area contributed by atoms with E-state index < -0.39 is 11.7 Å². The third-order valence-electron chi connectivity index (χ3n) is 12.0. The van der Waals surface area contributed by atoms with Crippen LogP contribution in [0.4, 0.5) is 0 Å². The van der Waals surface area contributed by atoms with Gasteiger partial charge in [0.05, 0.1) is 11.7 Å². The topological polar surface area (TPSA) is 57.5 Å². The highest BCUT2D eigenvalue weighted by atomic mass is 16.3. The zero-order valence-corrected chi connectivity index (χ0v) is 22.6. The van der Waals surface area contributed by atoms with Crippen molar-refractivity contribution in [3.8, 4) is 0 Å². The first-order valence-electron chi connectivity index (χ1n) is 13.7. The standard InChI is InChI=1S/C30H50O3/c1-19(9-12-25(32)27(4,5)33)20-13-17-30(8)22-10-11-23-26(2,3)24(31)15-16-28(23,6)21(22)14-18-29(20,30)7/h10,19-21,23,25,32-33H,9,11-18H2,1-8H3. The lowest BCUT2D eigenvalue weighted by atomic mass is 9.41. The molecule has 3 saturated carbocycles. The number of rotatable bonds is 5. The third-order valence-corrected chi connectivity index (χ3v) is 12.0. The molecule has 3 fully saturated rings. The van der Waals surface area contributed by atoms with E-state index in [1.54, 1.807) is 19.4 Å². The predicted molar refractivity (Wildman–Crippen MR) is 135 cm³/mol. The van der Waals surface area contributed by atoms with Crippen LogP contribution < -0.4 is 0 Å². The van der Waals surface area contributed by atoms with Crippen LogP contribution in [0.25, 0.3) is 0 Å². The highest BCUT2D eigenvalue weighted by Crippen LogP contribution is 2.73. The summed E-state index contributed by atoms with van der Waals surface area (Å²) in [7, 11) is 0. The van der Waals surface area contributed by atoms with Gasteiger partial charge in [-0.15, -0.1) is 0 Å². The number of hydrogen-bond donors (Lipinski definition) is 2. The van der Waals surface area contributed by atoms with Gasteiger partial charge in [-0.2, -0.15) is 0 Å². The zero-order chi connectivity index (χ0) is 24.6. The quantitative estimate of drug-likeness (QED) is 0.450. The average Bonchev–Trinajstić information content (AvgIpc) is 3.00. The lowest BCUT2D eigenvalue weighted by Crippen LogP contribution is -2.57. The van der Waals surface area contributed by atoms with Gasteiger partial charge in [-0.25, -0.2) is 0 Å². The minimum Gasteiger partial charge on any atom is -0.390 e. The number of aliphatic hydroxyl groups is 2. The molecule has 2 N–H and O–H groups in total. The number of hydrogen-bond acceptors (Lipinski definition) is 3. The Kier molecular flexibility index (Phi) is 6.10. The maximum atomic E-state index is 12.8. The van der Waals surface area contributed by atoms with Crippen LogP contribution in [-0.2, 0) is 4.79 Å².